The average molecular weight is 397 g/mol. The van der Waals surface area contributed by atoms with Gasteiger partial charge in [0.1, 0.15) is 5.78 Å². The molecule has 0 aliphatic heterocycles. The summed E-state index contributed by atoms with van der Waals surface area (Å²) < 4.78 is 11.8. The molecular weight excluding hydrogens is 356 g/mol. The van der Waals surface area contributed by atoms with Crippen LogP contribution in [-0.4, -0.2) is 56.7 Å². The number of carbonyl (C=O) groups excluding carboxylic acids is 2. The van der Waals surface area contributed by atoms with Gasteiger partial charge >= 0.3 is 0 Å². The largest absolute Gasteiger partial charge is 0.378 e. The zero-order valence-corrected chi connectivity index (χ0v) is 17.8. The van der Waals surface area contributed by atoms with Crippen LogP contribution in [0.1, 0.15) is 77.6 Å². The van der Waals surface area contributed by atoms with Crippen LogP contribution in [0.15, 0.2) is 0 Å². The molecule has 0 radical (unpaired) electrons. The van der Waals surface area contributed by atoms with Crippen molar-refractivity contribution in [3.63, 3.8) is 0 Å². The Morgan fingerprint density at radius 2 is 1.50 bits per heavy atom. The van der Waals surface area contributed by atoms with Gasteiger partial charge in [0.25, 0.3) is 0 Å². The van der Waals surface area contributed by atoms with Crippen molar-refractivity contribution in [2.75, 3.05) is 26.8 Å². The van der Waals surface area contributed by atoms with Gasteiger partial charge in [-0.1, -0.05) is 6.92 Å². The van der Waals surface area contributed by atoms with E-state index in [1.165, 1.54) is 0 Å². The topological polar surface area (TPSA) is 76.7 Å². The number of nitrogens with one attached hydrogen (secondary N) is 2. The van der Waals surface area contributed by atoms with E-state index in [-0.39, 0.29) is 17.9 Å². The van der Waals surface area contributed by atoms with Crippen LogP contribution in [0.3, 0.4) is 0 Å². The molecule has 0 atom stereocenters. The molecule has 2 N–H and O–H groups in total. The molecule has 6 nitrogen and oxygen atoms in total. The van der Waals surface area contributed by atoms with Gasteiger partial charge in [-0.2, -0.15) is 0 Å². The molecule has 0 aromatic rings. The second-order valence-corrected chi connectivity index (χ2v) is 8.28. The molecule has 0 heterocycles. The van der Waals surface area contributed by atoms with Gasteiger partial charge in [-0.3, -0.25) is 9.59 Å². The minimum atomic E-state index is 0.121. The molecule has 2 saturated carbocycles. The third-order valence-corrected chi connectivity index (χ3v) is 6.12. The fourth-order valence-corrected chi connectivity index (χ4v) is 4.32. The summed E-state index contributed by atoms with van der Waals surface area (Å²) in [5, 5.41) is 6.24. The minimum Gasteiger partial charge on any atom is -0.378 e. The predicted molar refractivity (Wildman–Crippen MR) is 110 cm³/mol. The molecular formula is C22H40N2O4. The quantitative estimate of drug-likeness (QED) is 0.496. The Labute approximate surface area is 170 Å². The molecule has 28 heavy (non-hydrogen) atoms. The van der Waals surface area contributed by atoms with Crippen molar-refractivity contribution in [2.24, 2.45) is 5.92 Å². The van der Waals surface area contributed by atoms with Crippen molar-refractivity contribution in [2.45, 2.75) is 95.8 Å². The predicted octanol–water partition coefficient (Wildman–Crippen LogP) is 2.98. The zero-order chi connectivity index (χ0) is 20.2. The fraction of sp³-hybridized carbons (Fsp3) is 0.909. The van der Waals surface area contributed by atoms with Gasteiger partial charge in [-0.05, 0) is 64.8 Å². The van der Waals surface area contributed by atoms with E-state index >= 15 is 0 Å². The van der Waals surface area contributed by atoms with Crippen LogP contribution in [0.2, 0.25) is 0 Å². The van der Waals surface area contributed by atoms with E-state index in [1.54, 1.807) is 0 Å². The van der Waals surface area contributed by atoms with Gasteiger partial charge in [0.05, 0.1) is 18.8 Å². The first-order valence-electron chi connectivity index (χ1n) is 11.3. The summed E-state index contributed by atoms with van der Waals surface area (Å²) in [6.07, 6.45) is 10.6. The highest BCUT2D eigenvalue weighted by Gasteiger charge is 2.26. The summed E-state index contributed by atoms with van der Waals surface area (Å²) in [6, 6.07) is 0.243. The highest BCUT2D eigenvalue weighted by Crippen LogP contribution is 2.26. The molecule has 162 valence electrons. The van der Waals surface area contributed by atoms with E-state index in [9.17, 15) is 9.59 Å². The van der Waals surface area contributed by atoms with Crippen molar-refractivity contribution in [3.8, 4) is 0 Å². The number of ether oxygens (including phenoxy) is 2. The Morgan fingerprint density at radius 1 is 0.893 bits per heavy atom. The van der Waals surface area contributed by atoms with E-state index in [0.29, 0.717) is 37.4 Å². The standard InChI is InChI=1S/C22H40N2O4/c1-3-21(25)17-6-8-18(9-7-17)24-22(26)5-4-15-27-19-10-12-20(13-11-19)28-16-14-23-2/h17-20,23H,3-16H2,1-2H3,(H,24,26). The minimum absolute atomic E-state index is 0.121. The van der Waals surface area contributed by atoms with E-state index in [2.05, 4.69) is 10.6 Å². The molecule has 0 saturated heterocycles. The Kier molecular flexibility index (Phi) is 11.1. The van der Waals surface area contributed by atoms with Crippen LogP contribution in [-0.2, 0) is 19.1 Å². The Balaban J connectivity index is 1.48. The molecule has 0 aromatic heterocycles. The van der Waals surface area contributed by atoms with E-state index in [1.807, 2.05) is 14.0 Å². The molecule has 2 rings (SSSR count). The number of hydrogen-bond donors (Lipinski definition) is 2. The van der Waals surface area contributed by atoms with Crippen molar-refractivity contribution < 1.29 is 19.1 Å². The summed E-state index contributed by atoms with van der Waals surface area (Å²) in [5.74, 6) is 0.714. The van der Waals surface area contributed by atoms with Crippen LogP contribution in [0.5, 0.6) is 0 Å². The van der Waals surface area contributed by atoms with E-state index in [4.69, 9.17) is 9.47 Å². The lowest BCUT2D eigenvalue weighted by Gasteiger charge is -2.29. The lowest BCUT2D eigenvalue weighted by atomic mass is 9.83. The molecule has 0 unspecified atom stereocenters. The van der Waals surface area contributed by atoms with Crippen LogP contribution in [0.25, 0.3) is 0 Å². The van der Waals surface area contributed by atoms with Crippen molar-refractivity contribution >= 4 is 11.7 Å². The van der Waals surface area contributed by atoms with E-state index in [0.717, 1.165) is 70.9 Å². The molecule has 1 amide bonds. The Morgan fingerprint density at radius 3 is 2.07 bits per heavy atom. The third-order valence-electron chi connectivity index (χ3n) is 6.12. The lowest BCUT2D eigenvalue weighted by Crippen LogP contribution is -2.38. The maximum atomic E-state index is 12.1. The Hall–Kier alpha value is -0.980. The zero-order valence-electron chi connectivity index (χ0n) is 17.8. The number of hydrogen-bond acceptors (Lipinski definition) is 5. The first kappa shape index (κ1) is 23.3. The third kappa shape index (κ3) is 8.58. The number of amides is 1. The van der Waals surface area contributed by atoms with Gasteiger partial charge in [-0.25, -0.2) is 0 Å². The van der Waals surface area contributed by atoms with Crippen LogP contribution < -0.4 is 10.6 Å². The maximum Gasteiger partial charge on any atom is 0.220 e. The SMILES string of the molecule is CCC(=O)C1CCC(NC(=O)CCCOC2CCC(OCCNC)CC2)CC1. The highest BCUT2D eigenvalue weighted by atomic mass is 16.5. The summed E-state index contributed by atoms with van der Waals surface area (Å²) in [7, 11) is 1.94. The summed E-state index contributed by atoms with van der Waals surface area (Å²) >= 11 is 0. The van der Waals surface area contributed by atoms with Crippen LogP contribution in [0.4, 0.5) is 0 Å². The first-order valence-corrected chi connectivity index (χ1v) is 11.3. The summed E-state index contributed by atoms with van der Waals surface area (Å²) in [6.45, 7) is 4.26. The monoisotopic (exact) mass is 396 g/mol. The number of Topliss-reactive ketones (excluding diaryl/α,β-unsaturated/α-hetero) is 1. The number of likely N-dealkylation sites (N-methyl/N-ethyl adjacent to an activating group) is 1. The highest BCUT2D eigenvalue weighted by molar-refractivity contribution is 5.80. The van der Waals surface area contributed by atoms with E-state index < -0.39 is 0 Å². The van der Waals surface area contributed by atoms with Gasteiger partial charge in [0, 0.05) is 38.0 Å². The lowest BCUT2D eigenvalue weighted by molar-refractivity contribution is -0.124. The number of carbonyl (C=O) groups is 2. The first-order chi connectivity index (χ1) is 13.6. The molecule has 0 bridgehead atoms. The normalized spacial score (nSPS) is 28.1. The molecule has 6 heteroatoms. The van der Waals surface area contributed by atoms with Crippen LogP contribution in [0, 0.1) is 5.92 Å². The van der Waals surface area contributed by atoms with Crippen molar-refractivity contribution in [3.05, 3.63) is 0 Å². The second-order valence-electron chi connectivity index (χ2n) is 8.28. The van der Waals surface area contributed by atoms with Gasteiger partial charge in [-0.15, -0.1) is 0 Å². The van der Waals surface area contributed by atoms with Crippen LogP contribution >= 0.6 is 0 Å². The van der Waals surface area contributed by atoms with Crippen molar-refractivity contribution in [1.82, 2.24) is 10.6 Å². The van der Waals surface area contributed by atoms with Gasteiger partial charge in [0.2, 0.25) is 5.91 Å². The Bertz CT molecular complexity index is 455. The number of rotatable bonds is 12. The maximum absolute atomic E-state index is 12.1. The molecule has 0 aromatic carbocycles. The van der Waals surface area contributed by atoms with Gasteiger partial charge in [0.15, 0.2) is 0 Å². The molecule has 0 spiro atoms. The second kappa shape index (κ2) is 13.3. The summed E-state index contributed by atoms with van der Waals surface area (Å²) in [4.78, 5) is 23.9. The average Bonchev–Trinajstić information content (AvgIpc) is 2.72. The number of ketones is 1. The molecule has 2 fully saturated rings. The fourth-order valence-electron chi connectivity index (χ4n) is 4.32. The van der Waals surface area contributed by atoms with Crippen molar-refractivity contribution in [1.29, 1.82) is 0 Å². The smallest absolute Gasteiger partial charge is 0.220 e. The molecule has 2 aliphatic carbocycles. The summed E-state index contributed by atoms with van der Waals surface area (Å²) in [5.41, 5.74) is 0. The van der Waals surface area contributed by atoms with Gasteiger partial charge < -0.3 is 20.1 Å². The molecule has 2 aliphatic rings.